The fourth-order valence-corrected chi connectivity index (χ4v) is 3.16. The molecule has 0 radical (unpaired) electrons. The lowest BCUT2D eigenvalue weighted by atomic mass is 10.0. The normalized spacial score (nSPS) is 17.0. The van der Waals surface area contributed by atoms with Gasteiger partial charge >= 0.3 is 0 Å². The van der Waals surface area contributed by atoms with E-state index in [0.29, 0.717) is 13.1 Å². The van der Waals surface area contributed by atoms with E-state index in [1.54, 1.807) is 0 Å². The van der Waals surface area contributed by atoms with Crippen molar-refractivity contribution in [1.29, 1.82) is 0 Å². The van der Waals surface area contributed by atoms with Crippen molar-refractivity contribution in [3.63, 3.8) is 0 Å². The molecule has 1 atom stereocenters. The molecule has 0 aromatic heterocycles. The number of halogens is 1. The first kappa shape index (κ1) is 18.7. The lowest BCUT2D eigenvalue weighted by molar-refractivity contribution is -0.138. The van der Waals surface area contributed by atoms with Crippen LogP contribution in [0.3, 0.4) is 0 Å². The molecule has 1 aromatic rings. The van der Waals surface area contributed by atoms with Crippen LogP contribution in [0, 0.1) is 5.92 Å². The van der Waals surface area contributed by atoms with E-state index >= 15 is 0 Å². The predicted molar refractivity (Wildman–Crippen MR) is 95.8 cm³/mol. The Morgan fingerprint density at radius 2 is 1.88 bits per heavy atom. The molecular formula is C18H26ClN3O2. The summed E-state index contributed by atoms with van der Waals surface area (Å²) in [5.41, 5.74) is 1.18. The standard InChI is InChI=1S/C18H26ClN3O2/c1-13(2)17(20-14(3)23)18(24)22-9-7-21(8-10-22)12-15-5-4-6-16(19)11-15/h4-6,11,13,17H,7-10,12H2,1-3H3,(H,20,23)/t17-/m1/s1. The number of hydrogen-bond acceptors (Lipinski definition) is 3. The molecule has 1 N–H and O–H groups in total. The summed E-state index contributed by atoms with van der Waals surface area (Å²) >= 11 is 6.03. The van der Waals surface area contributed by atoms with Gasteiger partial charge in [-0.2, -0.15) is 0 Å². The molecule has 5 nitrogen and oxygen atoms in total. The van der Waals surface area contributed by atoms with Gasteiger partial charge in [-0.05, 0) is 23.6 Å². The highest BCUT2D eigenvalue weighted by Crippen LogP contribution is 2.15. The Labute approximate surface area is 149 Å². The summed E-state index contributed by atoms with van der Waals surface area (Å²) in [7, 11) is 0. The van der Waals surface area contributed by atoms with Gasteiger partial charge in [-0.15, -0.1) is 0 Å². The van der Waals surface area contributed by atoms with E-state index in [0.717, 1.165) is 24.7 Å². The van der Waals surface area contributed by atoms with Crippen LogP contribution in [0.25, 0.3) is 0 Å². The summed E-state index contributed by atoms with van der Waals surface area (Å²) in [6.45, 7) is 9.20. The van der Waals surface area contributed by atoms with Crippen molar-refractivity contribution in [2.45, 2.75) is 33.4 Å². The summed E-state index contributed by atoms with van der Waals surface area (Å²) in [6.07, 6.45) is 0. The maximum absolute atomic E-state index is 12.7. The average Bonchev–Trinajstić information content (AvgIpc) is 2.52. The first-order valence-electron chi connectivity index (χ1n) is 8.39. The van der Waals surface area contributed by atoms with E-state index in [4.69, 9.17) is 11.6 Å². The number of rotatable bonds is 5. The molecule has 1 aliphatic rings. The van der Waals surface area contributed by atoms with Crippen molar-refractivity contribution < 1.29 is 9.59 Å². The van der Waals surface area contributed by atoms with Gasteiger partial charge in [0.15, 0.2) is 0 Å². The van der Waals surface area contributed by atoms with Gasteiger partial charge < -0.3 is 10.2 Å². The second-order valence-corrected chi connectivity index (χ2v) is 7.09. The largest absolute Gasteiger partial charge is 0.344 e. The van der Waals surface area contributed by atoms with Crippen LogP contribution in [0.4, 0.5) is 0 Å². The van der Waals surface area contributed by atoms with E-state index in [1.165, 1.54) is 12.5 Å². The van der Waals surface area contributed by atoms with Gasteiger partial charge in [-0.1, -0.05) is 37.6 Å². The smallest absolute Gasteiger partial charge is 0.245 e. The summed E-state index contributed by atoms with van der Waals surface area (Å²) in [6, 6.07) is 7.43. The minimum Gasteiger partial charge on any atom is -0.344 e. The molecular weight excluding hydrogens is 326 g/mol. The molecule has 1 heterocycles. The highest BCUT2D eigenvalue weighted by Gasteiger charge is 2.29. The fourth-order valence-electron chi connectivity index (χ4n) is 2.95. The van der Waals surface area contributed by atoms with Gasteiger partial charge in [0.05, 0.1) is 0 Å². The van der Waals surface area contributed by atoms with E-state index in [-0.39, 0.29) is 17.7 Å². The molecule has 6 heteroatoms. The van der Waals surface area contributed by atoms with Gasteiger partial charge in [0.1, 0.15) is 6.04 Å². The van der Waals surface area contributed by atoms with Crippen LogP contribution in [0.5, 0.6) is 0 Å². The van der Waals surface area contributed by atoms with Crippen molar-refractivity contribution in [3.05, 3.63) is 34.9 Å². The number of benzene rings is 1. The molecule has 0 bridgehead atoms. The zero-order valence-electron chi connectivity index (χ0n) is 14.6. The van der Waals surface area contributed by atoms with Crippen molar-refractivity contribution in [1.82, 2.24) is 15.1 Å². The molecule has 1 fully saturated rings. The Hall–Kier alpha value is -1.59. The monoisotopic (exact) mass is 351 g/mol. The third-order valence-electron chi connectivity index (χ3n) is 4.27. The number of carbonyl (C=O) groups excluding carboxylic acids is 2. The van der Waals surface area contributed by atoms with Crippen molar-refractivity contribution in [2.75, 3.05) is 26.2 Å². The third kappa shape index (κ3) is 5.21. The highest BCUT2D eigenvalue weighted by atomic mass is 35.5. The Kier molecular flexibility index (Phi) is 6.63. The molecule has 132 valence electrons. The molecule has 0 aliphatic carbocycles. The third-order valence-corrected chi connectivity index (χ3v) is 4.51. The van der Waals surface area contributed by atoms with Crippen LogP contribution < -0.4 is 5.32 Å². The molecule has 1 aliphatic heterocycles. The maximum atomic E-state index is 12.7. The summed E-state index contributed by atoms with van der Waals surface area (Å²) in [4.78, 5) is 28.2. The Bertz CT molecular complexity index is 583. The molecule has 0 saturated carbocycles. The van der Waals surface area contributed by atoms with Crippen LogP contribution in [0.15, 0.2) is 24.3 Å². The van der Waals surface area contributed by atoms with Gasteiger partial charge in [-0.3, -0.25) is 14.5 Å². The van der Waals surface area contributed by atoms with E-state index in [2.05, 4.69) is 16.3 Å². The van der Waals surface area contributed by atoms with Crippen molar-refractivity contribution in [3.8, 4) is 0 Å². The SMILES string of the molecule is CC(=O)N[C@@H](C(=O)N1CCN(Cc2cccc(Cl)c2)CC1)C(C)C. The number of nitrogens with one attached hydrogen (secondary N) is 1. The van der Waals surface area contributed by atoms with Crippen LogP contribution in [0.1, 0.15) is 26.3 Å². The lowest BCUT2D eigenvalue weighted by Crippen LogP contribution is -2.56. The minimum absolute atomic E-state index is 0.0163. The zero-order chi connectivity index (χ0) is 17.7. The molecule has 2 amide bonds. The Balaban J connectivity index is 1.89. The zero-order valence-corrected chi connectivity index (χ0v) is 15.3. The molecule has 0 unspecified atom stereocenters. The van der Waals surface area contributed by atoms with Crippen LogP contribution >= 0.6 is 11.6 Å². The van der Waals surface area contributed by atoms with Gasteiger partial charge in [-0.25, -0.2) is 0 Å². The van der Waals surface area contributed by atoms with Crippen LogP contribution in [-0.2, 0) is 16.1 Å². The molecule has 2 rings (SSSR count). The molecule has 1 saturated heterocycles. The Morgan fingerprint density at radius 3 is 2.42 bits per heavy atom. The number of piperazine rings is 1. The van der Waals surface area contributed by atoms with E-state index in [9.17, 15) is 9.59 Å². The quantitative estimate of drug-likeness (QED) is 0.884. The van der Waals surface area contributed by atoms with Crippen LogP contribution in [-0.4, -0.2) is 53.8 Å². The number of nitrogens with zero attached hydrogens (tertiary/aromatic N) is 2. The van der Waals surface area contributed by atoms with Gasteiger partial charge in [0.25, 0.3) is 0 Å². The Morgan fingerprint density at radius 1 is 1.21 bits per heavy atom. The van der Waals surface area contributed by atoms with Gasteiger partial charge in [0.2, 0.25) is 11.8 Å². The van der Waals surface area contributed by atoms with Crippen molar-refractivity contribution >= 4 is 23.4 Å². The van der Waals surface area contributed by atoms with E-state index < -0.39 is 6.04 Å². The minimum atomic E-state index is -0.443. The second kappa shape index (κ2) is 8.49. The summed E-state index contributed by atoms with van der Waals surface area (Å²) in [5, 5.41) is 3.52. The number of amides is 2. The second-order valence-electron chi connectivity index (χ2n) is 6.65. The molecule has 24 heavy (non-hydrogen) atoms. The van der Waals surface area contributed by atoms with Crippen molar-refractivity contribution in [2.24, 2.45) is 5.92 Å². The molecule has 1 aromatic carbocycles. The lowest BCUT2D eigenvalue weighted by Gasteiger charge is -2.37. The summed E-state index contributed by atoms with van der Waals surface area (Å²) in [5.74, 6) is -0.0739. The highest BCUT2D eigenvalue weighted by molar-refractivity contribution is 6.30. The topological polar surface area (TPSA) is 52.7 Å². The van der Waals surface area contributed by atoms with E-state index in [1.807, 2.05) is 36.9 Å². The first-order valence-corrected chi connectivity index (χ1v) is 8.77. The predicted octanol–water partition coefficient (Wildman–Crippen LogP) is 2.14. The van der Waals surface area contributed by atoms with Gasteiger partial charge in [0, 0.05) is 44.7 Å². The van der Waals surface area contributed by atoms with Crippen LogP contribution in [0.2, 0.25) is 5.02 Å². The first-order chi connectivity index (χ1) is 11.4. The molecule has 0 spiro atoms. The number of carbonyl (C=O) groups is 2. The number of hydrogen-bond donors (Lipinski definition) is 1. The maximum Gasteiger partial charge on any atom is 0.245 e. The average molecular weight is 352 g/mol. The summed E-state index contributed by atoms with van der Waals surface area (Å²) < 4.78 is 0. The fraction of sp³-hybridized carbons (Fsp3) is 0.556.